The van der Waals surface area contributed by atoms with Crippen LogP contribution in [0.5, 0.6) is 0 Å². The van der Waals surface area contributed by atoms with Crippen molar-refractivity contribution in [2.75, 3.05) is 13.1 Å². The number of piperidine rings is 2. The van der Waals surface area contributed by atoms with Gasteiger partial charge in [0.15, 0.2) is 0 Å². The second kappa shape index (κ2) is 6.67. The van der Waals surface area contributed by atoms with Gasteiger partial charge in [0, 0.05) is 31.7 Å². The zero-order valence-corrected chi connectivity index (χ0v) is 13.7. The first kappa shape index (κ1) is 15.3. The molecule has 3 atom stereocenters. The van der Waals surface area contributed by atoms with Crippen LogP contribution < -0.4 is 0 Å². The lowest BCUT2D eigenvalue weighted by Gasteiger charge is -2.43. The van der Waals surface area contributed by atoms with Gasteiger partial charge in [0.2, 0.25) is 0 Å². The van der Waals surface area contributed by atoms with Crippen LogP contribution in [-0.4, -0.2) is 55.8 Å². The molecule has 1 aromatic heterocycles. The molecule has 22 heavy (non-hydrogen) atoms. The highest BCUT2D eigenvalue weighted by atomic mass is 16.2. The number of rotatable bonds is 2. The standard InChI is InChI=1S/C16H27N5O/c1-13-5-3-6-14(2)21(13)16(22)19-8-4-7-15(9-19)10-20-12-17-11-18-20/h11-15H,3-10H2,1-2H3/t13-,14-,15-/m1/s1. The third-order valence-corrected chi connectivity index (χ3v) is 5.12. The number of urea groups is 1. The van der Waals surface area contributed by atoms with Gasteiger partial charge in [0.1, 0.15) is 12.7 Å². The first-order valence-corrected chi connectivity index (χ1v) is 8.55. The minimum Gasteiger partial charge on any atom is -0.324 e. The van der Waals surface area contributed by atoms with E-state index in [2.05, 4.69) is 33.7 Å². The summed E-state index contributed by atoms with van der Waals surface area (Å²) in [5.41, 5.74) is 0. The predicted molar refractivity (Wildman–Crippen MR) is 84.3 cm³/mol. The van der Waals surface area contributed by atoms with Crippen LogP contribution >= 0.6 is 0 Å². The maximum Gasteiger partial charge on any atom is 0.320 e. The van der Waals surface area contributed by atoms with E-state index < -0.39 is 0 Å². The number of likely N-dealkylation sites (tertiary alicyclic amines) is 2. The summed E-state index contributed by atoms with van der Waals surface area (Å²) in [5, 5.41) is 4.19. The summed E-state index contributed by atoms with van der Waals surface area (Å²) in [4.78, 5) is 21.1. The average molecular weight is 305 g/mol. The Kier molecular flexibility index (Phi) is 4.64. The highest BCUT2D eigenvalue weighted by molar-refractivity contribution is 5.75. The van der Waals surface area contributed by atoms with E-state index >= 15 is 0 Å². The van der Waals surface area contributed by atoms with Crippen LogP contribution in [0.4, 0.5) is 4.79 Å². The fourth-order valence-electron chi connectivity index (χ4n) is 3.94. The van der Waals surface area contributed by atoms with Crippen molar-refractivity contribution in [3.63, 3.8) is 0 Å². The van der Waals surface area contributed by atoms with Gasteiger partial charge in [0.05, 0.1) is 0 Å². The topological polar surface area (TPSA) is 54.3 Å². The summed E-state index contributed by atoms with van der Waals surface area (Å²) >= 11 is 0. The van der Waals surface area contributed by atoms with E-state index in [1.807, 2.05) is 4.68 Å². The van der Waals surface area contributed by atoms with Gasteiger partial charge < -0.3 is 9.80 Å². The minimum absolute atomic E-state index is 0.239. The molecule has 2 fully saturated rings. The van der Waals surface area contributed by atoms with Crippen molar-refractivity contribution in [1.82, 2.24) is 24.6 Å². The van der Waals surface area contributed by atoms with E-state index in [1.54, 1.807) is 12.7 Å². The average Bonchev–Trinajstić information content (AvgIpc) is 3.00. The molecule has 0 saturated carbocycles. The second-order valence-electron chi connectivity index (χ2n) is 6.89. The monoisotopic (exact) mass is 305 g/mol. The zero-order chi connectivity index (χ0) is 15.5. The zero-order valence-electron chi connectivity index (χ0n) is 13.7. The Labute approximate surface area is 132 Å². The number of aromatic nitrogens is 3. The largest absolute Gasteiger partial charge is 0.324 e. The van der Waals surface area contributed by atoms with Crippen molar-refractivity contribution in [3.8, 4) is 0 Å². The van der Waals surface area contributed by atoms with Gasteiger partial charge >= 0.3 is 6.03 Å². The summed E-state index contributed by atoms with van der Waals surface area (Å²) < 4.78 is 1.88. The van der Waals surface area contributed by atoms with Crippen LogP contribution in [0.25, 0.3) is 0 Å². The van der Waals surface area contributed by atoms with E-state index in [4.69, 9.17) is 0 Å². The van der Waals surface area contributed by atoms with Gasteiger partial charge in [-0.3, -0.25) is 4.68 Å². The number of carbonyl (C=O) groups excluding carboxylic acids is 1. The molecule has 6 heteroatoms. The Balaban J connectivity index is 1.62. The number of amides is 2. The molecule has 2 amide bonds. The molecule has 2 aliphatic heterocycles. The molecule has 3 rings (SSSR count). The SMILES string of the molecule is C[C@@H]1CCC[C@@H](C)N1C(=O)N1CCC[C@@H](Cn2cncn2)C1. The van der Waals surface area contributed by atoms with Gasteiger partial charge in [-0.2, -0.15) is 5.10 Å². The van der Waals surface area contributed by atoms with Crippen LogP contribution in [0, 0.1) is 5.92 Å². The molecule has 2 aliphatic rings. The first-order valence-electron chi connectivity index (χ1n) is 8.55. The van der Waals surface area contributed by atoms with Crippen molar-refractivity contribution in [1.29, 1.82) is 0 Å². The minimum atomic E-state index is 0.239. The molecular formula is C16H27N5O. The highest BCUT2D eigenvalue weighted by Crippen LogP contribution is 2.26. The third-order valence-electron chi connectivity index (χ3n) is 5.12. The summed E-state index contributed by atoms with van der Waals surface area (Å²) in [6.07, 6.45) is 9.08. The number of hydrogen-bond donors (Lipinski definition) is 0. The van der Waals surface area contributed by atoms with Gasteiger partial charge in [-0.05, 0) is 51.9 Å². The molecular weight excluding hydrogens is 278 g/mol. The van der Waals surface area contributed by atoms with Crippen LogP contribution in [0.1, 0.15) is 46.0 Å². The van der Waals surface area contributed by atoms with Crippen LogP contribution in [-0.2, 0) is 6.54 Å². The quantitative estimate of drug-likeness (QED) is 0.843. The normalized spacial score (nSPS) is 29.6. The molecule has 2 saturated heterocycles. The van der Waals surface area contributed by atoms with E-state index in [9.17, 15) is 4.79 Å². The second-order valence-corrected chi connectivity index (χ2v) is 6.89. The lowest BCUT2D eigenvalue weighted by Crippen LogP contribution is -2.55. The highest BCUT2D eigenvalue weighted by Gasteiger charge is 2.34. The van der Waals surface area contributed by atoms with E-state index in [-0.39, 0.29) is 6.03 Å². The molecule has 1 aromatic rings. The molecule has 3 heterocycles. The molecule has 0 radical (unpaired) electrons. The summed E-state index contributed by atoms with van der Waals surface area (Å²) in [6, 6.07) is 0.974. The Morgan fingerprint density at radius 1 is 1.18 bits per heavy atom. The molecule has 0 spiro atoms. The summed E-state index contributed by atoms with van der Waals surface area (Å²) in [6.45, 7) is 6.96. The smallest absolute Gasteiger partial charge is 0.320 e. The fourth-order valence-corrected chi connectivity index (χ4v) is 3.94. The van der Waals surface area contributed by atoms with Gasteiger partial charge in [-0.25, -0.2) is 9.78 Å². The maximum absolute atomic E-state index is 12.9. The molecule has 0 unspecified atom stereocenters. The lowest BCUT2D eigenvalue weighted by molar-refractivity contribution is 0.0767. The van der Waals surface area contributed by atoms with Crippen LogP contribution in [0.3, 0.4) is 0 Å². The van der Waals surface area contributed by atoms with Crippen molar-refractivity contribution < 1.29 is 4.79 Å². The fraction of sp³-hybridized carbons (Fsp3) is 0.812. The van der Waals surface area contributed by atoms with E-state index in [0.717, 1.165) is 45.3 Å². The van der Waals surface area contributed by atoms with E-state index in [1.165, 1.54) is 6.42 Å². The molecule has 122 valence electrons. The number of carbonyl (C=O) groups is 1. The Morgan fingerprint density at radius 2 is 1.95 bits per heavy atom. The van der Waals surface area contributed by atoms with E-state index in [0.29, 0.717) is 18.0 Å². The predicted octanol–water partition coefficient (Wildman–Crippen LogP) is 2.37. The number of hydrogen-bond acceptors (Lipinski definition) is 3. The van der Waals surface area contributed by atoms with Crippen LogP contribution in [0.2, 0.25) is 0 Å². The van der Waals surface area contributed by atoms with Crippen molar-refractivity contribution in [3.05, 3.63) is 12.7 Å². The molecule has 0 aliphatic carbocycles. The Morgan fingerprint density at radius 3 is 2.64 bits per heavy atom. The molecule has 0 aromatic carbocycles. The third kappa shape index (κ3) is 3.25. The van der Waals surface area contributed by atoms with Gasteiger partial charge in [0.25, 0.3) is 0 Å². The van der Waals surface area contributed by atoms with Crippen molar-refractivity contribution in [2.24, 2.45) is 5.92 Å². The van der Waals surface area contributed by atoms with Gasteiger partial charge in [-0.1, -0.05) is 0 Å². The Bertz CT molecular complexity index is 479. The van der Waals surface area contributed by atoms with Crippen molar-refractivity contribution >= 4 is 6.03 Å². The molecule has 0 bridgehead atoms. The number of nitrogens with zero attached hydrogens (tertiary/aromatic N) is 5. The molecule has 0 N–H and O–H groups in total. The summed E-state index contributed by atoms with van der Waals surface area (Å²) in [7, 11) is 0. The summed E-state index contributed by atoms with van der Waals surface area (Å²) in [5.74, 6) is 0.481. The maximum atomic E-state index is 12.9. The first-order chi connectivity index (χ1) is 10.6. The van der Waals surface area contributed by atoms with Gasteiger partial charge in [-0.15, -0.1) is 0 Å². The molecule has 6 nitrogen and oxygen atoms in total. The van der Waals surface area contributed by atoms with Crippen molar-refractivity contribution in [2.45, 2.75) is 64.6 Å². The van der Waals surface area contributed by atoms with Crippen LogP contribution in [0.15, 0.2) is 12.7 Å². The Hall–Kier alpha value is -1.59. The lowest BCUT2D eigenvalue weighted by atomic mass is 9.96.